The second-order valence-electron chi connectivity index (χ2n) is 7.38. The fourth-order valence-corrected chi connectivity index (χ4v) is 4.31. The summed E-state index contributed by atoms with van der Waals surface area (Å²) in [5.41, 5.74) is 1.45. The Balaban J connectivity index is 1.58. The molecular formula is C25H16BrClN2O5S. The van der Waals surface area contributed by atoms with Crippen molar-refractivity contribution in [2.75, 3.05) is 4.90 Å². The molecule has 1 saturated heterocycles. The van der Waals surface area contributed by atoms with E-state index in [1.807, 2.05) is 18.2 Å². The molecule has 2 N–H and O–H groups in total. The van der Waals surface area contributed by atoms with Gasteiger partial charge in [-0.2, -0.15) is 0 Å². The molecule has 10 heteroatoms. The smallest absolute Gasteiger partial charge is 0.335 e. The number of aromatic carboxylic acids is 1. The Labute approximate surface area is 219 Å². The number of hydrogen-bond acceptors (Lipinski definition) is 5. The van der Waals surface area contributed by atoms with E-state index in [2.05, 4.69) is 21.2 Å². The molecule has 0 radical (unpaired) electrons. The van der Waals surface area contributed by atoms with Crippen molar-refractivity contribution in [1.82, 2.24) is 5.32 Å². The molecule has 3 aromatic carbocycles. The average Bonchev–Trinajstić information content (AvgIpc) is 2.82. The summed E-state index contributed by atoms with van der Waals surface area (Å²) in [6.07, 6.45) is 1.43. The van der Waals surface area contributed by atoms with Crippen LogP contribution in [0.15, 0.2) is 76.8 Å². The summed E-state index contributed by atoms with van der Waals surface area (Å²) >= 11 is 14.8. The van der Waals surface area contributed by atoms with Crippen LogP contribution in [-0.4, -0.2) is 28.0 Å². The lowest BCUT2D eigenvalue weighted by molar-refractivity contribution is -0.122. The number of nitrogens with one attached hydrogen (secondary N) is 1. The Morgan fingerprint density at radius 3 is 2.60 bits per heavy atom. The standard InChI is InChI=1S/C25H16BrClN2O5S/c26-19-11-14(8-9-21(19)34-13-16-4-1-2-7-20(16)27)10-18-22(30)28-25(35)29(23(18)31)17-6-3-5-15(12-17)24(32)33/h1-12H,13H2,(H,32,33)(H,28,30,35). The molecule has 1 aliphatic rings. The number of carboxylic acid groups (broad SMARTS) is 1. The van der Waals surface area contributed by atoms with Crippen molar-refractivity contribution in [3.05, 3.63) is 98.5 Å². The summed E-state index contributed by atoms with van der Waals surface area (Å²) in [7, 11) is 0. The van der Waals surface area contributed by atoms with Crippen LogP contribution in [0.3, 0.4) is 0 Å². The fourth-order valence-electron chi connectivity index (χ4n) is 3.33. The Morgan fingerprint density at radius 2 is 1.89 bits per heavy atom. The van der Waals surface area contributed by atoms with Crippen molar-refractivity contribution in [3.63, 3.8) is 0 Å². The number of anilines is 1. The fraction of sp³-hybridized carbons (Fsp3) is 0.0400. The van der Waals surface area contributed by atoms with Crippen molar-refractivity contribution < 1.29 is 24.2 Å². The van der Waals surface area contributed by atoms with E-state index in [-0.39, 0.29) is 28.5 Å². The molecule has 0 aromatic heterocycles. The van der Waals surface area contributed by atoms with E-state index in [1.54, 1.807) is 24.3 Å². The molecule has 35 heavy (non-hydrogen) atoms. The van der Waals surface area contributed by atoms with Crippen molar-refractivity contribution in [1.29, 1.82) is 0 Å². The highest BCUT2D eigenvalue weighted by Crippen LogP contribution is 2.29. The maximum Gasteiger partial charge on any atom is 0.335 e. The van der Waals surface area contributed by atoms with Crippen LogP contribution in [0.4, 0.5) is 5.69 Å². The van der Waals surface area contributed by atoms with E-state index < -0.39 is 17.8 Å². The van der Waals surface area contributed by atoms with Crippen LogP contribution in [-0.2, 0) is 16.2 Å². The minimum Gasteiger partial charge on any atom is -0.488 e. The molecule has 7 nitrogen and oxygen atoms in total. The lowest BCUT2D eigenvalue weighted by Crippen LogP contribution is -2.54. The normalized spacial score (nSPS) is 14.7. The number of amides is 2. The largest absolute Gasteiger partial charge is 0.488 e. The first-order valence-electron chi connectivity index (χ1n) is 10.1. The van der Waals surface area contributed by atoms with Gasteiger partial charge in [0.05, 0.1) is 15.7 Å². The van der Waals surface area contributed by atoms with Crippen LogP contribution in [0.25, 0.3) is 6.08 Å². The molecule has 3 aromatic rings. The maximum atomic E-state index is 13.2. The predicted octanol–water partition coefficient (Wildman–Crippen LogP) is 5.21. The van der Waals surface area contributed by atoms with Gasteiger partial charge in [0.25, 0.3) is 11.8 Å². The van der Waals surface area contributed by atoms with Crippen LogP contribution < -0.4 is 15.0 Å². The molecule has 4 rings (SSSR count). The number of carboxylic acids is 1. The van der Waals surface area contributed by atoms with E-state index >= 15 is 0 Å². The predicted molar refractivity (Wildman–Crippen MR) is 140 cm³/mol. The Kier molecular flexibility index (Phi) is 7.30. The Morgan fingerprint density at radius 1 is 1.11 bits per heavy atom. The van der Waals surface area contributed by atoms with Crippen molar-refractivity contribution in [2.24, 2.45) is 0 Å². The lowest BCUT2D eigenvalue weighted by Gasteiger charge is -2.29. The molecule has 1 fully saturated rings. The SMILES string of the molecule is O=C1NC(=S)N(c2cccc(C(=O)O)c2)C(=O)C1=Cc1ccc(OCc2ccccc2Cl)c(Br)c1. The van der Waals surface area contributed by atoms with Gasteiger partial charge < -0.3 is 9.84 Å². The number of carbonyl (C=O) groups is 3. The van der Waals surface area contributed by atoms with E-state index in [4.69, 9.17) is 28.6 Å². The van der Waals surface area contributed by atoms with Gasteiger partial charge >= 0.3 is 5.97 Å². The molecule has 2 amide bonds. The van der Waals surface area contributed by atoms with Crippen LogP contribution in [0.2, 0.25) is 5.02 Å². The van der Waals surface area contributed by atoms with Crippen LogP contribution in [0.5, 0.6) is 5.75 Å². The molecule has 0 unspecified atom stereocenters. The van der Waals surface area contributed by atoms with Crippen molar-refractivity contribution in [3.8, 4) is 5.75 Å². The molecular weight excluding hydrogens is 556 g/mol. The van der Waals surface area contributed by atoms with Gasteiger partial charge in [-0.3, -0.25) is 19.8 Å². The quantitative estimate of drug-likeness (QED) is 0.240. The van der Waals surface area contributed by atoms with Gasteiger partial charge in [-0.05, 0) is 76.2 Å². The third-order valence-corrected chi connectivity index (χ3v) is 6.33. The molecule has 0 saturated carbocycles. The Hall–Kier alpha value is -3.53. The van der Waals surface area contributed by atoms with E-state index in [9.17, 15) is 19.5 Å². The number of ether oxygens (including phenoxy) is 1. The van der Waals surface area contributed by atoms with E-state index in [0.29, 0.717) is 20.8 Å². The first kappa shape index (κ1) is 24.6. The minimum absolute atomic E-state index is 0.0168. The number of thiocarbonyl (C=S) groups is 1. The third-order valence-electron chi connectivity index (χ3n) is 5.06. The third kappa shape index (κ3) is 5.43. The van der Waals surface area contributed by atoms with Crippen LogP contribution >= 0.6 is 39.7 Å². The number of benzene rings is 3. The minimum atomic E-state index is -1.15. The molecule has 176 valence electrons. The van der Waals surface area contributed by atoms with Gasteiger partial charge in [0.15, 0.2) is 5.11 Å². The first-order chi connectivity index (χ1) is 16.7. The van der Waals surface area contributed by atoms with Crippen molar-refractivity contribution >= 4 is 74.4 Å². The topological polar surface area (TPSA) is 95.9 Å². The second-order valence-corrected chi connectivity index (χ2v) is 9.03. The zero-order chi connectivity index (χ0) is 25.1. The summed E-state index contributed by atoms with van der Waals surface area (Å²) in [5.74, 6) is -1.92. The average molecular weight is 572 g/mol. The number of halogens is 2. The van der Waals surface area contributed by atoms with Crippen LogP contribution in [0.1, 0.15) is 21.5 Å². The summed E-state index contributed by atoms with van der Waals surface area (Å²) < 4.78 is 6.45. The van der Waals surface area contributed by atoms with Crippen molar-refractivity contribution in [2.45, 2.75) is 6.61 Å². The highest BCUT2D eigenvalue weighted by Gasteiger charge is 2.34. The van der Waals surface area contributed by atoms with Gasteiger partial charge in [0.2, 0.25) is 0 Å². The highest BCUT2D eigenvalue weighted by atomic mass is 79.9. The molecule has 1 heterocycles. The zero-order valence-electron chi connectivity index (χ0n) is 17.8. The van der Waals surface area contributed by atoms with Crippen LogP contribution in [0, 0.1) is 0 Å². The van der Waals surface area contributed by atoms with E-state index in [0.717, 1.165) is 10.5 Å². The Bertz CT molecular complexity index is 1410. The van der Waals surface area contributed by atoms with Gasteiger partial charge in [0.1, 0.15) is 17.9 Å². The van der Waals surface area contributed by atoms with Gasteiger partial charge in [0, 0.05) is 10.6 Å². The summed E-state index contributed by atoms with van der Waals surface area (Å²) in [4.78, 5) is 38.2. The summed E-state index contributed by atoms with van der Waals surface area (Å²) in [6.45, 7) is 0.265. The molecule has 0 aliphatic carbocycles. The van der Waals surface area contributed by atoms with Gasteiger partial charge in [-0.25, -0.2) is 4.79 Å². The zero-order valence-corrected chi connectivity index (χ0v) is 21.0. The number of hydrogen-bond donors (Lipinski definition) is 2. The molecule has 0 bridgehead atoms. The molecule has 0 spiro atoms. The molecule has 1 aliphatic heterocycles. The maximum absolute atomic E-state index is 13.2. The molecule has 0 atom stereocenters. The van der Waals surface area contributed by atoms with E-state index in [1.165, 1.54) is 30.3 Å². The monoisotopic (exact) mass is 570 g/mol. The first-order valence-corrected chi connectivity index (χ1v) is 11.7. The van der Waals surface area contributed by atoms with Gasteiger partial charge in [-0.1, -0.05) is 41.9 Å². The summed E-state index contributed by atoms with van der Waals surface area (Å²) in [5, 5.41) is 12.2. The number of nitrogens with zero attached hydrogens (tertiary/aromatic N) is 1. The van der Waals surface area contributed by atoms with Gasteiger partial charge in [-0.15, -0.1) is 0 Å². The highest BCUT2D eigenvalue weighted by molar-refractivity contribution is 9.10. The summed E-state index contributed by atoms with van der Waals surface area (Å²) in [6, 6.07) is 18.2. The second kappa shape index (κ2) is 10.4. The number of rotatable bonds is 6. The lowest BCUT2D eigenvalue weighted by atomic mass is 10.1. The number of carbonyl (C=O) groups excluding carboxylic acids is 2.